The van der Waals surface area contributed by atoms with Crippen LogP contribution in [-0.2, 0) is 9.84 Å². The van der Waals surface area contributed by atoms with Crippen molar-refractivity contribution in [2.45, 2.75) is 13.8 Å². The zero-order valence-electron chi connectivity index (χ0n) is 8.90. The lowest BCUT2D eigenvalue weighted by molar-refractivity contribution is 0.539. The highest BCUT2D eigenvalue weighted by Crippen LogP contribution is 2.38. The Morgan fingerprint density at radius 1 is 1.13 bits per heavy atom. The lowest BCUT2D eigenvalue weighted by Gasteiger charge is -2.10. The molecule has 0 atom stereocenters. The lowest BCUT2D eigenvalue weighted by Crippen LogP contribution is -2.13. The normalized spacial score (nSPS) is 22.4. The van der Waals surface area contributed by atoms with Gasteiger partial charge < -0.3 is 0 Å². The summed E-state index contributed by atoms with van der Waals surface area (Å²) in [6, 6.07) is 9.28. The summed E-state index contributed by atoms with van der Waals surface area (Å²) in [4.78, 5) is 0.480. The van der Waals surface area contributed by atoms with Crippen molar-refractivity contribution >= 4 is 14.7 Å². The lowest BCUT2D eigenvalue weighted by atomic mass is 9.95. The molecule has 1 aliphatic rings. The van der Waals surface area contributed by atoms with E-state index in [0.717, 1.165) is 5.56 Å². The second-order valence-corrected chi connectivity index (χ2v) is 6.58. The maximum absolute atomic E-state index is 11.9. The molecule has 0 amide bonds. The Morgan fingerprint density at radius 2 is 1.73 bits per heavy atom. The molecule has 2 rings (SSSR count). The van der Waals surface area contributed by atoms with Gasteiger partial charge >= 0.3 is 0 Å². The minimum Gasteiger partial charge on any atom is -0.224 e. The zero-order chi connectivity index (χ0) is 11.1. The maximum Gasteiger partial charge on any atom is 0.179 e. The van der Waals surface area contributed by atoms with Gasteiger partial charge in [0.05, 0.1) is 10.7 Å². The van der Waals surface area contributed by atoms with Crippen molar-refractivity contribution < 1.29 is 8.42 Å². The van der Waals surface area contributed by atoms with Crippen molar-refractivity contribution in [3.05, 3.63) is 42.0 Å². The van der Waals surface area contributed by atoms with Crippen LogP contribution in [0.4, 0.5) is 0 Å². The SMILES string of the molecule is CC1(C)C=C(c2ccccc2)S(=O)(=O)C1. The van der Waals surface area contributed by atoms with Gasteiger partial charge in [-0.25, -0.2) is 8.42 Å². The molecule has 0 N–H and O–H groups in total. The summed E-state index contributed by atoms with van der Waals surface area (Å²) in [5.41, 5.74) is 0.548. The van der Waals surface area contributed by atoms with Crippen LogP contribution >= 0.6 is 0 Å². The van der Waals surface area contributed by atoms with Crippen LogP contribution in [0.3, 0.4) is 0 Å². The third kappa shape index (κ3) is 1.97. The molecule has 0 radical (unpaired) electrons. The first-order valence-electron chi connectivity index (χ1n) is 4.92. The molecule has 1 aliphatic heterocycles. The van der Waals surface area contributed by atoms with Crippen molar-refractivity contribution in [2.75, 3.05) is 5.75 Å². The number of hydrogen-bond acceptors (Lipinski definition) is 2. The highest BCUT2D eigenvalue weighted by molar-refractivity contribution is 8.01. The molecule has 0 spiro atoms. The molecule has 2 nitrogen and oxygen atoms in total. The average molecular weight is 222 g/mol. The standard InChI is InChI=1S/C12H14O2S/c1-12(2)8-11(15(13,14)9-12)10-6-4-3-5-7-10/h3-8H,9H2,1-2H3. The van der Waals surface area contributed by atoms with Gasteiger partial charge in [0.1, 0.15) is 0 Å². The van der Waals surface area contributed by atoms with Crippen molar-refractivity contribution in [1.82, 2.24) is 0 Å². The second kappa shape index (κ2) is 3.20. The van der Waals surface area contributed by atoms with Gasteiger partial charge in [-0.2, -0.15) is 0 Å². The highest BCUT2D eigenvalue weighted by atomic mass is 32.2. The third-order valence-corrected chi connectivity index (χ3v) is 4.62. The minimum atomic E-state index is -3.09. The van der Waals surface area contributed by atoms with Crippen LogP contribution in [0.1, 0.15) is 19.4 Å². The van der Waals surface area contributed by atoms with E-state index >= 15 is 0 Å². The number of benzene rings is 1. The Bertz CT molecular complexity index is 496. The van der Waals surface area contributed by atoms with E-state index in [2.05, 4.69) is 0 Å². The Hall–Kier alpha value is -1.09. The van der Waals surface area contributed by atoms with Crippen LogP contribution in [0.15, 0.2) is 36.4 Å². The molecule has 15 heavy (non-hydrogen) atoms. The van der Waals surface area contributed by atoms with Gasteiger partial charge in [0, 0.05) is 0 Å². The first kappa shape index (κ1) is 10.4. The number of sulfone groups is 1. The Balaban J connectivity index is 2.55. The molecule has 1 aromatic carbocycles. The first-order valence-corrected chi connectivity index (χ1v) is 6.57. The summed E-state index contributed by atoms with van der Waals surface area (Å²) in [5.74, 6) is 0.213. The van der Waals surface area contributed by atoms with Crippen LogP contribution in [-0.4, -0.2) is 14.2 Å². The van der Waals surface area contributed by atoms with E-state index in [1.165, 1.54) is 0 Å². The molecule has 0 aromatic heterocycles. The fraction of sp³-hybridized carbons (Fsp3) is 0.333. The third-order valence-electron chi connectivity index (χ3n) is 2.48. The molecule has 0 saturated carbocycles. The van der Waals surface area contributed by atoms with E-state index in [-0.39, 0.29) is 11.2 Å². The smallest absolute Gasteiger partial charge is 0.179 e. The van der Waals surface area contributed by atoms with E-state index < -0.39 is 9.84 Å². The van der Waals surface area contributed by atoms with Crippen LogP contribution in [0, 0.1) is 5.41 Å². The molecule has 1 aromatic rings. The van der Waals surface area contributed by atoms with Crippen LogP contribution in [0.2, 0.25) is 0 Å². The zero-order valence-corrected chi connectivity index (χ0v) is 9.71. The van der Waals surface area contributed by atoms with E-state index in [4.69, 9.17) is 0 Å². The van der Waals surface area contributed by atoms with Crippen molar-refractivity contribution in [3.63, 3.8) is 0 Å². The number of allylic oxidation sites excluding steroid dienone is 1. The monoisotopic (exact) mass is 222 g/mol. The number of rotatable bonds is 1. The van der Waals surface area contributed by atoms with Gasteiger partial charge in [-0.3, -0.25) is 0 Å². The van der Waals surface area contributed by atoms with Crippen LogP contribution in [0.25, 0.3) is 4.91 Å². The minimum absolute atomic E-state index is 0.213. The summed E-state index contributed by atoms with van der Waals surface area (Å²) < 4.78 is 23.8. The maximum atomic E-state index is 11.9. The predicted octanol–water partition coefficient (Wildman–Crippen LogP) is 2.48. The molecule has 0 bridgehead atoms. The van der Waals surface area contributed by atoms with Gasteiger partial charge in [-0.05, 0) is 11.0 Å². The molecule has 0 aliphatic carbocycles. The van der Waals surface area contributed by atoms with E-state index in [0.29, 0.717) is 4.91 Å². The molecular weight excluding hydrogens is 208 g/mol. The van der Waals surface area contributed by atoms with Gasteiger partial charge in [-0.15, -0.1) is 0 Å². The summed E-state index contributed by atoms with van der Waals surface area (Å²) in [6.07, 6.45) is 1.86. The Morgan fingerprint density at radius 3 is 2.20 bits per heavy atom. The quantitative estimate of drug-likeness (QED) is 0.731. The summed E-state index contributed by atoms with van der Waals surface area (Å²) in [7, 11) is -3.09. The van der Waals surface area contributed by atoms with Crippen LogP contribution < -0.4 is 0 Å². The van der Waals surface area contributed by atoms with Gasteiger partial charge in [0.25, 0.3) is 0 Å². The number of hydrogen-bond donors (Lipinski definition) is 0. The summed E-state index contributed by atoms with van der Waals surface area (Å²) >= 11 is 0. The molecule has 0 unspecified atom stereocenters. The fourth-order valence-corrected chi connectivity index (χ4v) is 4.13. The topological polar surface area (TPSA) is 34.1 Å². The molecule has 80 valence electrons. The predicted molar refractivity (Wildman–Crippen MR) is 62.0 cm³/mol. The molecule has 1 heterocycles. The highest BCUT2D eigenvalue weighted by Gasteiger charge is 2.35. The van der Waals surface area contributed by atoms with Crippen molar-refractivity contribution in [1.29, 1.82) is 0 Å². The molecule has 3 heteroatoms. The second-order valence-electron chi connectivity index (χ2n) is 4.62. The molecule has 0 fully saturated rings. The Kier molecular flexibility index (Phi) is 2.23. The van der Waals surface area contributed by atoms with Crippen molar-refractivity contribution in [2.24, 2.45) is 5.41 Å². The fourth-order valence-electron chi connectivity index (χ4n) is 1.92. The van der Waals surface area contributed by atoms with Gasteiger partial charge in [0.2, 0.25) is 0 Å². The van der Waals surface area contributed by atoms with Crippen molar-refractivity contribution in [3.8, 4) is 0 Å². The van der Waals surface area contributed by atoms with Gasteiger partial charge in [0.15, 0.2) is 9.84 Å². The first-order chi connectivity index (χ1) is 6.91. The van der Waals surface area contributed by atoms with E-state index in [1.54, 1.807) is 0 Å². The van der Waals surface area contributed by atoms with E-state index in [9.17, 15) is 8.42 Å². The van der Waals surface area contributed by atoms with Crippen LogP contribution in [0.5, 0.6) is 0 Å². The molecular formula is C12H14O2S. The van der Waals surface area contributed by atoms with Gasteiger partial charge in [-0.1, -0.05) is 50.3 Å². The Labute approximate surface area is 90.6 Å². The van der Waals surface area contributed by atoms with E-state index in [1.807, 2.05) is 50.3 Å². The molecule has 0 saturated heterocycles. The summed E-state index contributed by atoms with van der Waals surface area (Å²) in [6.45, 7) is 3.89. The largest absolute Gasteiger partial charge is 0.224 e. The average Bonchev–Trinajstić information content (AvgIpc) is 2.36. The summed E-state index contributed by atoms with van der Waals surface area (Å²) in [5, 5.41) is 0.